The molecule has 0 aliphatic carbocycles. The molecule has 33 heavy (non-hydrogen) atoms. The van der Waals surface area contributed by atoms with Gasteiger partial charge in [0.15, 0.2) is 0 Å². The van der Waals surface area contributed by atoms with Gasteiger partial charge in [-0.25, -0.2) is 8.42 Å². The lowest BCUT2D eigenvalue weighted by atomic mass is 10.1. The molecule has 0 saturated heterocycles. The number of benzene rings is 1. The maximum Gasteiger partial charge on any atom is 0.268 e. The van der Waals surface area contributed by atoms with Gasteiger partial charge in [0.1, 0.15) is 11.6 Å². The van der Waals surface area contributed by atoms with Crippen molar-refractivity contribution >= 4 is 38.3 Å². The van der Waals surface area contributed by atoms with Gasteiger partial charge in [-0.15, -0.1) is 10.2 Å². The summed E-state index contributed by atoms with van der Waals surface area (Å²) in [5.74, 6) is -0.794. The fourth-order valence-electron chi connectivity index (χ4n) is 3.35. The Morgan fingerprint density at radius 1 is 1.24 bits per heavy atom. The fourth-order valence-corrected chi connectivity index (χ4v) is 5.95. The van der Waals surface area contributed by atoms with Crippen molar-refractivity contribution in [1.29, 1.82) is 5.26 Å². The van der Waals surface area contributed by atoms with Crippen molar-refractivity contribution in [2.45, 2.75) is 38.6 Å². The Labute approximate surface area is 197 Å². The third-order valence-corrected chi connectivity index (χ3v) is 8.27. The second-order valence-corrected chi connectivity index (χ2v) is 11.3. The van der Waals surface area contributed by atoms with E-state index in [0.29, 0.717) is 6.54 Å². The molecule has 0 radical (unpaired) electrons. The molecule has 3 rings (SSSR count). The maximum atomic E-state index is 12.7. The van der Waals surface area contributed by atoms with E-state index in [1.807, 2.05) is 56.3 Å². The van der Waals surface area contributed by atoms with Crippen LogP contribution in [0.15, 0.2) is 46.3 Å². The number of aromatic nitrogens is 3. The molecule has 10 heteroatoms. The number of anilines is 1. The van der Waals surface area contributed by atoms with Gasteiger partial charge in [0.2, 0.25) is 19.3 Å². The Bertz CT molecular complexity index is 1330. The van der Waals surface area contributed by atoms with Gasteiger partial charge in [0, 0.05) is 17.9 Å². The van der Waals surface area contributed by atoms with Gasteiger partial charge in [0.05, 0.1) is 5.75 Å². The average Bonchev–Trinajstić information content (AvgIpc) is 3.32. The van der Waals surface area contributed by atoms with Crippen molar-refractivity contribution in [2.75, 3.05) is 11.1 Å². The number of hydrogen-bond acceptors (Lipinski definition) is 7. The summed E-state index contributed by atoms with van der Waals surface area (Å²) in [7, 11) is -3.57. The highest BCUT2D eigenvalue weighted by molar-refractivity contribution is 7.93. The number of nitriles is 1. The summed E-state index contributed by atoms with van der Waals surface area (Å²) in [6.07, 6.45) is 1.52. The summed E-state index contributed by atoms with van der Waals surface area (Å²) in [6.45, 7) is 8.17. The van der Waals surface area contributed by atoms with Crippen LogP contribution in [0.1, 0.15) is 36.4 Å². The van der Waals surface area contributed by atoms with Crippen LogP contribution >= 0.6 is 11.3 Å². The molecule has 8 nitrogen and oxygen atoms in total. The van der Waals surface area contributed by atoms with Crippen LogP contribution in [0, 0.1) is 31.1 Å². The van der Waals surface area contributed by atoms with Crippen LogP contribution < -0.4 is 5.32 Å². The molecule has 0 aliphatic rings. The van der Waals surface area contributed by atoms with Crippen LogP contribution in [0.2, 0.25) is 0 Å². The average molecular weight is 484 g/mol. The second kappa shape index (κ2) is 10.1. The molecule has 3 aromatic rings. The summed E-state index contributed by atoms with van der Waals surface area (Å²) in [4.78, 5) is 12.7. The highest BCUT2D eigenvalue weighted by Gasteiger charge is 2.23. The molecule has 172 valence electrons. The summed E-state index contributed by atoms with van der Waals surface area (Å²) >= 11 is 0.772. The quantitative estimate of drug-likeness (QED) is 0.294. The summed E-state index contributed by atoms with van der Waals surface area (Å²) in [6, 6.07) is 13.8. The van der Waals surface area contributed by atoms with Crippen molar-refractivity contribution < 1.29 is 13.2 Å². The normalized spacial score (nSPS) is 12.1. The van der Waals surface area contributed by atoms with Crippen molar-refractivity contribution in [3.63, 3.8) is 0 Å². The number of aryl methyl sites for hydroxylation is 1. The zero-order chi connectivity index (χ0) is 24.2. The van der Waals surface area contributed by atoms with Gasteiger partial charge in [-0.05, 0) is 43.0 Å². The minimum absolute atomic E-state index is 0.0260. The number of carbonyl (C=O) groups is 1. The number of hydrogen-bond donors (Lipinski definition) is 1. The van der Waals surface area contributed by atoms with Gasteiger partial charge in [-0.3, -0.25) is 10.1 Å². The number of amides is 1. The lowest BCUT2D eigenvalue weighted by Crippen LogP contribution is -2.13. The van der Waals surface area contributed by atoms with Gasteiger partial charge in [0.25, 0.3) is 5.91 Å². The lowest BCUT2D eigenvalue weighted by Gasteiger charge is -2.09. The predicted molar refractivity (Wildman–Crippen MR) is 128 cm³/mol. The van der Waals surface area contributed by atoms with E-state index in [0.717, 1.165) is 33.9 Å². The number of sulfone groups is 1. The van der Waals surface area contributed by atoms with E-state index in [4.69, 9.17) is 0 Å². The van der Waals surface area contributed by atoms with Crippen LogP contribution in [-0.4, -0.2) is 34.8 Å². The third-order valence-electron chi connectivity index (χ3n) is 4.91. The van der Waals surface area contributed by atoms with Crippen LogP contribution in [0.25, 0.3) is 6.08 Å². The van der Waals surface area contributed by atoms with Crippen molar-refractivity contribution in [3.8, 4) is 6.07 Å². The third kappa shape index (κ3) is 5.94. The fraction of sp³-hybridized carbons (Fsp3) is 0.304. The van der Waals surface area contributed by atoms with E-state index in [2.05, 4.69) is 20.1 Å². The van der Waals surface area contributed by atoms with Crippen LogP contribution in [0.5, 0.6) is 0 Å². The molecular formula is C23H25N5O3S2. The lowest BCUT2D eigenvalue weighted by molar-refractivity contribution is -0.112. The molecule has 0 fully saturated rings. The number of nitrogens with one attached hydrogen (secondary N) is 1. The first-order chi connectivity index (χ1) is 15.6. The summed E-state index contributed by atoms with van der Waals surface area (Å²) in [5.41, 5.74) is 3.72. The molecular weight excluding hydrogens is 458 g/mol. The number of nitrogens with zero attached hydrogens (tertiary/aromatic N) is 4. The number of carbonyl (C=O) groups excluding carboxylic acids is 1. The largest absolute Gasteiger partial charge is 0.344 e. The number of rotatable bonds is 8. The molecule has 1 aromatic carbocycles. The Morgan fingerprint density at radius 2 is 1.94 bits per heavy atom. The standard InChI is InChI=1S/C23H25N5O3S2/c1-15(2)14-33(30,31)23-27-26-22(32-23)25-21(29)20(12-24)11-19-10-16(3)28(17(19)4)13-18-8-6-5-7-9-18/h5-11,15H,13-14H2,1-4H3,(H,25,26,29). The van der Waals surface area contributed by atoms with E-state index in [1.165, 1.54) is 6.08 Å². The molecule has 0 atom stereocenters. The monoisotopic (exact) mass is 483 g/mol. The maximum absolute atomic E-state index is 12.7. The van der Waals surface area contributed by atoms with E-state index in [-0.39, 0.29) is 26.7 Å². The van der Waals surface area contributed by atoms with Crippen molar-refractivity contribution in [3.05, 3.63) is 64.5 Å². The molecule has 2 aromatic heterocycles. The molecule has 0 unspecified atom stereocenters. The zero-order valence-electron chi connectivity index (χ0n) is 18.9. The van der Waals surface area contributed by atoms with Gasteiger partial charge < -0.3 is 4.57 Å². The minimum atomic E-state index is -3.57. The van der Waals surface area contributed by atoms with E-state index >= 15 is 0 Å². The van der Waals surface area contributed by atoms with E-state index in [9.17, 15) is 18.5 Å². The Hall–Kier alpha value is -3.29. The van der Waals surface area contributed by atoms with Crippen LogP contribution in [-0.2, 0) is 21.2 Å². The Morgan fingerprint density at radius 3 is 2.58 bits per heavy atom. The summed E-state index contributed by atoms with van der Waals surface area (Å²) in [5, 5.41) is 19.5. The molecule has 1 amide bonds. The van der Waals surface area contributed by atoms with Crippen LogP contribution in [0.4, 0.5) is 5.13 Å². The summed E-state index contributed by atoms with van der Waals surface area (Å²) < 4.78 is 26.6. The highest BCUT2D eigenvalue weighted by Crippen LogP contribution is 2.24. The second-order valence-electron chi connectivity index (χ2n) is 8.07. The topological polar surface area (TPSA) is 118 Å². The van der Waals surface area contributed by atoms with Crippen LogP contribution in [0.3, 0.4) is 0 Å². The van der Waals surface area contributed by atoms with Gasteiger partial charge >= 0.3 is 0 Å². The molecule has 0 aliphatic heterocycles. The smallest absolute Gasteiger partial charge is 0.268 e. The van der Waals surface area contributed by atoms with E-state index < -0.39 is 15.7 Å². The molecule has 0 bridgehead atoms. The first kappa shape index (κ1) is 24.4. The van der Waals surface area contributed by atoms with Gasteiger partial charge in [-0.2, -0.15) is 5.26 Å². The van der Waals surface area contributed by atoms with Crippen molar-refractivity contribution in [1.82, 2.24) is 14.8 Å². The predicted octanol–water partition coefficient (Wildman–Crippen LogP) is 3.98. The first-order valence-electron chi connectivity index (χ1n) is 10.3. The first-order valence-corrected chi connectivity index (χ1v) is 12.8. The zero-order valence-corrected chi connectivity index (χ0v) is 20.5. The van der Waals surface area contributed by atoms with Crippen molar-refractivity contribution in [2.24, 2.45) is 5.92 Å². The Kier molecular flexibility index (Phi) is 7.46. The minimum Gasteiger partial charge on any atom is -0.344 e. The molecule has 0 saturated carbocycles. The molecule has 2 heterocycles. The molecule has 0 spiro atoms. The highest BCUT2D eigenvalue weighted by atomic mass is 32.2. The van der Waals surface area contributed by atoms with E-state index in [1.54, 1.807) is 13.8 Å². The van der Waals surface area contributed by atoms with Gasteiger partial charge in [-0.1, -0.05) is 55.5 Å². The molecule has 1 N–H and O–H groups in total. The SMILES string of the molecule is Cc1cc(C=C(C#N)C(=O)Nc2nnc(S(=O)(=O)CC(C)C)s2)c(C)n1Cc1ccccc1. The Balaban J connectivity index is 1.80.